The van der Waals surface area contributed by atoms with Gasteiger partial charge >= 0.3 is 0 Å². The standard InChI is InChI=1S/C27H30N2O2/c30-23-10-12-25-21(18-23)8-11-24(20-6-2-1-3-7-20)27(25)22-9-13-26(28-19-22)31-17-16-29-14-4-5-15-29/h1-3,6-7,9-10,12-13,18-19,24,27,30H,4-5,8,11,14-17H2/t24?,27-/m0/s1. The fraction of sp³-hybridized carbons (Fsp3) is 0.370. The lowest BCUT2D eigenvalue weighted by Crippen LogP contribution is -2.25. The molecular weight excluding hydrogens is 384 g/mol. The summed E-state index contributed by atoms with van der Waals surface area (Å²) in [6.45, 7) is 4.03. The lowest BCUT2D eigenvalue weighted by atomic mass is 9.69. The Morgan fingerprint density at radius 3 is 2.58 bits per heavy atom. The second-order valence-corrected chi connectivity index (χ2v) is 8.74. The Morgan fingerprint density at radius 2 is 1.81 bits per heavy atom. The maximum atomic E-state index is 9.99. The van der Waals surface area contributed by atoms with Crippen LogP contribution in [0.1, 0.15) is 53.4 Å². The average Bonchev–Trinajstić information content (AvgIpc) is 3.33. The molecule has 1 unspecified atom stereocenters. The van der Waals surface area contributed by atoms with E-state index in [0.717, 1.165) is 19.4 Å². The molecule has 0 bridgehead atoms. The van der Waals surface area contributed by atoms with Gasteiger partial charge < -0.3 is 9.84 Å². The number of aromatic nitrogens is 1. The van der Waals surface area contributed by atoms with E-state index in [9.17, 15) is 5.11 Å². The van der Waals surface area contributed by atoms with Crippen LogP contribution in [0.3, 0.4) is 0 Å². The average molecular weight is 415 g/mol. The van der Waals surface area contributed by atoms with E-state index >= 15 is 0 Å². The number of aryl methyl sites for hydroxylation is 1. The number of nitrogens with zero attached hydrogens (tertiary/aromatic N) is 2. The van der Waals surface area contributed by atoms with Crippen LogP contribution in [0, 0.1) is 0 Å². The lowest BCUT2D eigenvalue weighted by Gasteiger charge is -2.34. The molecule has 1 aliphatic carbocycles. The molecule has 2 aromatic carbocycles. The van der Waals surface area contributed by atoms with Crippen LogP contribution in [0.2, 0.25) is 0 Å². The van der Waals surface area contributed by atoms with E-state index in [0.29, 0.717) is 24.2 Å². The molecule has 0 amide bonds. The maximum absolute atomic E-state index is 9.99. The normalized spacial score (nSPS) is 21.0. The molecule has 1 N–H and O–H groups in total. The number of benzene rings is 2. The van der Waals surface area contributed by atoms with Crippen LogP contribution in [0.15, 0.2) is 66.9 Å². The molecule has 4 heteroatoms. The molecule has 0 saturated carbocycles. The monoisotopic (exact) mass is 414 g/mol. The van der Waals surface area contributed by atoms with Crippen molar-refractivity contribution < 1.29 is 9.84 Å². The Hall–Kier alpha value is -2.85. The van der Waals surface area contributed by atoms with E-state index in [-0.39, 0.29) is 5.92 Å². The molecule has 2 heterocycles. The van der Waals surface area contributed by atoms with Crippen molar-refractivity contribution in [3.63, 3.8) is 0 Å². The molecule has 3 aromatic rings. The minimum atomic E-state index is 0.220. The summed E-state index contributed by atoms with van der Waals surface area (Å²) in [5, 5.41) is 9.99. The number of hydrogen-bond donors (Lipinski definition) is 1. The number of pyridine rings is 1. The van der Waals surface area contributed by atoms with Crippen LogP contribution in [0.5, 0.6) is 11.6 Å². The van der Waals surface area contributed by atoms with Crippen molar-refractivity contribution in [1.82, 2.24) is 9.88 Å². The van der Waals surface area contributed by atoms with Gasteiger partial charge in [-0.3, -0.25) is 4.90 Å². The number of likely N-dealkylation sites (tertiary alicyclic amines) is 1. The quantitative estimate of drug-likeness (QED) is 0.608. The zero-order chi connectivity index (χ0) is 21.0. The summed E-state index contributed by atoms with van der Waals surface area (Å²) in [5.41, 5.74) is 5.09. The topological polar surface area (TPSA) is 45.6 Å². The van der Waals surface area contributed by atoms with Crippen molar-refractivity contribution in [3.05, 3.63) is 89.1 Å². The molecule has 1 aromatic heterocycles. The minimum absolute atomic E-state index is 0.220. The third-order valence-corrected chi connectivity index (χ3v) is 6.79. The summed E-state index contributed by atoms with van der Waals surface area (Å²) in [7, 11) is 0. The summed E-state index contributed by atoms with van der Waals surface area (Å²) in [5.74, 6) is 1.65. The van der Waals surface area contributed by atoms with E-state index in [1.165, 1.54) is 48.2 Å². The summed E-state index contributed by atoms with van der Waals surface area (Å²) < 4.78 is 5.92. The molecule has 160 valence electrons. The van der Waals surface area contributed by atoms with E-state index in [1.807, 2.05) is 24.4 Å². The summed E-state index contributed by atoms with van der Waals surface area (Å²) in [6.07, 6.45) is 6.62. The van der Waals surface area contributed by atoms with Crippen molar-refractivity contribution >= 4 is 0 Å². The summed E-state index contributed by atoms with van der Waals surface area (Å²) in [4.78, 5) is 7.10. The van der Waals surface area contributed by atoms with E-state index in [2.05, 4.69) is 52.3 Å². The number of ether oxygens (including phenoxy) is 1. The van der Waals surface area contributed by atoms with Crippen molar-refractivity contribution in [2.45, 2.75) is 37.5 Å². The smallest absolute Gasteiger partial charge is 0.213 e. The molecule has 2 aliphatic rings. The molecule has 31 heavy (non-hydrogen) atoms. The molecule has 0 radical (unpaired) electrons. The van der Waals surface area contributed by atoms with Gasteiger partial charge in [-0.1, -0.05) is 42.5 Å². The van der Waals surface area contributed by atoms with Crippen molar-refractivity contribution in [1.29, 1.82) is 0 Å². The minimum Gasteiger partial charge on any atom is -0.508 e. The van der Waals surface area contributed by atoms with Gasteiger partial charge in [-0.15, -0.1) is 0 Å². The van der Waals surface area contributed by atoms with Gasteiger partial charge in [0, 0.05) is 24.7 Å². The van der Waals surface area contributed by atoms with Gasteiger partial charge in [-0.2, -0.15) is 0 Å². The Labute approximate surface area is 184 Å². The molecule has 4 nitrogen and oxygen atoms in total. The van der Waals surface area contributed by atoms with Gasteiger partial charge in [0.15, 0.2) is 0 Å². The zero-order valence-electron chi connectivity index (χ0n) is 17.9. The first-order valence-electron chi connectivity index (χ1n) is 11.5. The van der Waals surface area contributed by atoms with Gasteiger partial charge in [0.25, 0.3) is 0 Å². The van der Waals surface area contributed by atoms with Crippen LogP contribution in [-0.4, -0.2) is 41.2 Å². The SMILES string of the molecule is Oc1ccc2c(c1)CCC(c1ccccc1)[C@@H]2c1ccc(OCCN2CCCC2)nc1. The number of phenolic OH excluding ortho intramolecular Hbond substituents is 1. The number of hydrogen-bond acceptors (Lipinski definition) is 4. The number of phenols is 1. The number of fused-ring (bicyclic) bond motifs is 1. The predicted molar refractivity (Wildman–Crippen MR) is 123 cm³/mol. The Morgan fingerprint density at radius 1 is 0.968 bits per heavy atom. The van der Waals surface area contributed by atoms with E-state index < -0.39 is 0 Å². The van der Waals surface area contributed by atoms with E-state index in [1.54, 1.807) is 0 Å². The van der Waals surface area contributed by atoms with Crippen LogP contribution >= 0.6 is 0 Å². The Kier molecular flexibility index (Phi) is 5.90. The molecular formula is C27H30N2O2. The molecule has 5 rings (SSSR count). The van der Waals surface area contributed by atoms with Gasteiger partial charge in [-0.05, 0) is 79.1 Å². The van der Waals surface area contributed by atoms with Gasteiger partial charge in [-0.25, -0.2) is 4.98 Å². The predicted octanol–water partition coefficient (Wildman–Crippen LogP) is 5.12. The Balaban J connectivity index is 1.38. The van der Waals surface area contributed by atoms with Gasteiger partial charge in [0.05, 0.1) is 0 Å². The highest BCUT2D eigenvalue weighted by atomic mass is 16.5. The summed E-state index contributed by atoms with van der Waals surface area (Å²) >= 11 is 0. The van der Waals surface area contributed by atoms with Crippen LogP contribution in [-0.2, 0) is 6.42 Å². The van der Waals surface area contributed by atoms with Crippen molar-refractivity contribution in [2.24, 2.45) is 0 Å². The largest absolute Gasteiger partial charge is 0.508 e. The summed E-state index contributed by atoms with van der Waals surface area (Å²) in [6, 6.07) is 20.8. The zero-order valence-corrected chi connectivity index (χ0v) is 17.9. The highest BCUT2D eigenvalue weighted by Gasteiger charge is 2.32. The van der Waals surface area contributed by atoms with Crippen LogP contribution < -0.4 is 4.74 Å². The molecule has 0 spiro atoms. The first-order chi connectivity index (χ1) is 15.3. The number of rotatable bonds is 6. The molecule has 2 atom stereocenters. The fourth-order valence-corrected chi connectivity index (χ4v) is 5.22. The molecule has 1 saturated heterocycles. The van der Waals surface area contributed by atoms with Gasteiger partial charge in [0.2, 0.25) is 5.88 Å². The highest BCUT2D eigenvalue weighted by Crippen LogP contribution is 2.46. The third kappa shape index (κ3) is 4.45. The molecule has 1 fully saturated rings. The van der Waals surface area contributed by atoms with Crippen molar-refractivity contribution in [2.75, 3.05) is 26.2 Å². The molecule has 1 aliphatic heterocycles. The van der Waals surface area contributed by atoms with Crippen molar-refractivity contribution in [3.8, 4) is 11.6 Å². The maximum Gasteiger partial charge on any atom is 0.213 e. The van der Waals surface area contributed by atoms with E-state index in [4.69, 9.17) is 4.74 Å². The van der Waals surface area contributed by atoms with Gasteiger partial charge in [0.1, 0.15) is 12.4 Å². The second kappa shape index (κ2) is 9.11. The lowest BCUT2D eigenvalue weighted by molar-refractivity contribution is 0.232. The van der Waals surface area contributed by atoms with Crippen LogP contribution in [0.4, 0.5) is 0 Å². The number of aromatic hydroxyl groups is 1. The van der Waals surface area contributed by atoms with Crippen LogP contribution in [0.25, 0.3) is 0 Å². The highest BCUT2D eigenvalue weighted by molar-refractivity contribution is 5.47. The Bertz CT molecular complexity index is 998. The first-order valence-corrected chi connectivity index (χ1v) is 11.5. The fourth-order valence-electron chi connectivity index (χ4n) is 5.22. The first kappa shape index (κ1) is 20.1. The second-order valence-electron chi connectivity index (χ2n) is 8.74. The third-order valence-electron chi connectivity index (χ3n) is 6.79.